The fourth-order valence-electron chi connectivity index (χ4n) is 1.36. The van der Waals surface area contributed by atoms with Crippen molar-refractivity contribution in [1.29, 1.82) is 0 Å². The maximum Gasteiger partial charge on any atom is 0.244 e. The molecule has 0 heterocycles. The fraction of sp³-hybridized carbons (Fsp3) is 1.00. The van der Waals surface area contributed by atoms with Crippen LogP contribution in [-0.2, 0) is 0 Å². The second-order valence-corrected chi connectivity index (χ2v) is 3.37. The molecule has 0 bridgehead atoms. The van der Waals surface area contributed by atoms with Gasteiger partial charge in [-0.2, -0.15) is 0 Å². The Morgan fingerprint density at radius 3 is 2.45 bits per heavy atom. The first-order chi connectivity index (χ1) is 5.21. The van der Waals surface area contributed by atoms with Gasteiger partial charge in [0.25, 0.3) is 0 Å². The number of hydrogen-bond acceptors (Lipinski definition) is 1. The molecule has 11 heavy (non-hydrogen) atoms. The number of nitrogens with one attached hydrogen (secondary N) is 1. The number of halogens is 2. The summed E-state index contributed by atoms with van der Waals surface area (Å²) in [5, 5.41) is 2.96. The van der Waals surface area contributed by atoms with Gasteiger partial charge in [0.1, 0.15) is 0 Å². The van der Waals surface area contributed by atoms with Crippen LogP contribution in [0.25, 0.3) is 0 Å². The Balaban J connectivity index is 2.14. The van der Waals surface area contributed by atoms with Crippen LogP contribution < -0.4 is 5.32 Å². The molecule has 1 aliphatic carbocycles. The van der Waals surface area contributed by atoms with E-state index in [-0.39, 0.29) is 0 Å². The van der Waals surface area contributed by atoms with Crippen molar-refractivity contribution in [2.24, 2.45) is 5.41 Å². The minimum absolute atomic E-state index is 0.573. The highest BCUT2D eigenvalue weighted by Crippen LogP contribution is 2.54. The summed E-state index contributed by atoms with van der Waals surface area (Å²) in [6.07, 6.45) is 0.925. The molecule has 1 N–H and O–H groups in total. The smallest absolute Gasteiger partial charge is 0.244 e. The minimum Gasteiger partial charge on any atom is -0.320 e. The molecule has 66 valence electrons. The van der Waals surface area contributed by atoms with Crippen LogP contribution >= 0.6 is 0 Å². The van der Waals surface area contributed by atoms with Gasteiger partial charge in [-0.25, -0.2) is 8.78 Å². The lowest BCUT2D eigenvalue weighted by atomic mass is 10.0. The zero-order chi connectivity index (χ0) is 8.32. The Hall–Kier alpha value is -0.180. The zero-order valence-electron chi connectivity index (χ0n) is 6.87. The van der Waals surface area contributed by atoms with Crippen LogP contribution in [0.15, 0.2) is 0 Å². The molecule has 1 saturated carbocycles. The third-order valence-corrected chi connectivity index (χ3v) is 2.46. The SMILES string of the molecule is CNCCCC1(C(F)F)CC1. The van der Waals surface area contributed by atoms with Crippen LogP contribution in [0.2, 0.25) is 0 Å². The summed E-state index contributed by atoms with van der Waals surface area (Å²) in [4.78, 5) is 0. The van der Waals surface area contributed by atoms with Crippen molar-refractivity contribution in [3.8, 4) is 0 Å². The molecule has 0 spiro atoms. The molecule has 0 aliphatic heterocycles. The molecule has 1 nitrogen and oxygen atoms in total. The molecule has 0 aromatic carbocycles. The molecule has 0 aromatic heterocycles. The van der Waals surface area contributed by atoms with Gasteiger partial charge in [-0.1, -0.05) is 0 Å². The summed E-state index contributed by atoms with van der Waals surface area (Å²) in [7, 11) is 1.85. The van der Waals surface area contributed by atoms with Gasteiger partial charge in [0.15, 0.2) is 0 Å². The topological polar surface area (TPSA) is 12.0 Å². The van der Waals surface area contributed by atoms with Gasteiger partial charge in [0, 0.05) is 5.41 Å². The fourth-order valence-corrected chi connectivity index (χ4v) is 1.36. The lowest BCUT2D eigenvalue weighted by Crippen LogP contribution is -2.15. The summed E-state index contributed by atoms with van der Waals surface area (Å²) in [6, 6.07) is 0. The van der Waals surface area contributed by atoms with E-state index in [1.165, 1.54) is 0 Å². The predicted molar refractivity (Wildman–Crippen MR) is 40.8 cm³/mol. The van der Waals surface area contributed by atoms with Crippen molar-refractivity contribution < 1.29 is 8.78 Å². The third-order valence-electron chi connectivity index (χ3n) is 2.46. The quantitative estimate of drug-likeness (QED) is 0.611. The van der Waals surface area contributed by atoms with Crippen LogP contribution in [0.3, 0.4) is 0 Å². The third kappa shape index (κ3) is 2.12. The van der Waals surface area contributed by atoms with Gasteiger partial charge in [-0.15, -0.1) is 0 Å². The van der Waals surface area contributed by atoms with Crippen LogP contribution in [0.5, 0.6) is 0 Å². The highest BCUT2D eigenvalue weighted by Gasteiger charge is 2.49. The van der Waals surface area contributed by atoms with E-state index in [2.05, 4.69) is 5.32 Å². The highest BCUT2D eigenvalue weighted by atomic mass is 19.3. The monoisotopic (exact) mass is 163 g/mol. The van der Waals surface area contributed by atoms with Crippen molar-refractivity contribution >= 4 is 0 Å². The summed E-state index contributed by atoms with van der Waals surface area (Å²) in [5.41, 5.74) is -0.573. The van der Waals surface area contributed by atoms with Gasteiger partial charge in [-0.3, -0.25) is 0 Å². The molecule has 0 unspecified atom stereocenters. The van der Waals surface area contributed by atoms with E-state index < -0.39 is 11.8 Å². The Bertz CT molecular complexity index is 121. The molecule has 3 heteroatoms. The van der Waals surface area contributed by atoms with Crippen molar-refractivity contribution in [3.05, 3.63) is 0 Å². The maximum atomic E-state index is 12.3. The van der Waals surface area contributed by atoms with Crippen LogP contribution in [0.1, 0.15) is 25.7 Å². The molecule has 0 radical (unpaired) electrons. The first-order valence-electron chi connectivity index (χ1n) is 4.14. The highest BCUT2D eigenvalue weighted by molar-refractivity contribution is 4.94. The van der Waals surface area contributed by atoms with Gasteiger partial charge in [0.05, 0.1) is 0 Å². The van der Waals surface area contributed by atoms with Gasteiger partial charge >= 0.3 is 0 Å². The maximum absolute atomic E-state index is 12.3. The molecule has 0 saturated heterocycles. The Labute approximate surface area is 66.2 Å². The lowest BCUT2D eigenvalue weighted by molar-refractivity contribution is 0.0554. The summed E-state index contributed by atoms with van der Waals surface area (Å²) < 4.78 is 24.6. The number of alkyl halides is 2. The van der Waals surface area contributed by atoms with E-state index in [1.54, 1.807) is 0 Å². The van der Waals surface area contributed by atoms with E-state index >= 15 is 0 Å². The Morgan fingerprint density at radius 2 is 2.09 bits per heavy atom. The van der Waals surface area contributed by atoms with Gasteiger partial charge < -0.3 is 5.32 Å². The number of hydrogen-bond donors (Lipinski definition) is 1. The first kappa shape index (κ1) is 8.91. The second kappa shape index (κ2) is 3.48. The minimum atomic E-state index is -2.10. The van der Waals surface area contributed by atoms with E-state index in [0.29, 0.717) is 6.42 Å². The Morgan fingerprint density at radius 1 is 1.45 bits per heavy atom. The standard InChI is InChI=1S/C8H15F2N/c1-11-6-2-3-8(4-5-8)7(9)10/h7,11H,2-6H2,1H3. The zero-order valence-corrected chi connectivity index (χ0v) is 6.87. The molecule has 1 aliphatic rings. The molecule has 1 rings (SSSR count). The van der Waals surface area contributed by atoms with E-state index in [0.717, 1.165) is 25.8 Å². The normalized spacial score (nSPS) is 20.7. The van der Waals surface area contributed by atoms with E-state index in [1.807, 2.05) is 7.05 Å². The molecule has 0 atom stereocenters. The average molecular weight is 163 g/mol. The van der Waals surface area contributed by atoms with Crippen molar-refractivity contribution in [3.63, 3.8) is 0 Å². The van der Waals surface area contributed by atoms with E-state index in [9.17, 15) is 8.78 Å². The van der Waals surface area contributed by atoms with E-state index in [4.69, 9.17) is 0 Å². The van der Waals surface area contributed by atoms with Gasteiger partial charge in [-0.05, 0) is 39.3 Å². The predicted octanol–water partition coefficient (Wildman–Crippen LogP) is 2.03. The molecule has 0 aromatic rings. The average Bonchev–Trinajstić information content (AvgIpc) is 2.70. The lowest BCUT2D eigenvalue weighted by Gasteiger charge is -2.12. The van der Waals surface area contributed by atoms with Crippen LogP contribution in [0, 0.1) is 5.41 Å². The number of rotatable bonds is 5. The molecular formula is C8H15F2N. The van der Waals surface area contributed by atoms with Crippen LogP contribution in [0.4, 0.5) is 8.78 Å². The largest absolute Gasteiger partial charge is 0.320 e. The molecule has 0 amide bonds. The molecule has 1 fully saturated rings. The van der Waals surface area contributed by atoms with Crippen LogP contribution in [-0.4, -0.2) is 20.0 Å². The Kier molecular flexibility index (Phi) is 2.82. The summed E-state index contributed by atoms with van der Waals surface area (Å²) in [5.74, 6) is 0. The van der Waals surface area contributed by atoms with Gasteiger partial charge in [0.2, 0.25) is 6.43 Å². The van der Waals surface area contributed by atoms with Crippen molar-refractivity contribution in [2.75, 3.05) is 13.6 Å². The van der Waals surface area contributed by atoms with Crippen molar-refractivity contribution in [1.82, 2.24) is 5.32 Å². The first-order valence-corrected chi connectivity index (χ1v) is 4.14. The van der Waals surface area contributed by atoms with Crippen molar-refractivity contribution in [2.45, 2.75) is 32.1 Å². The second-order valence-electron chi connectivity index (χ2n) is 3.37. The molecular weight excluding hydrogens is 148 g/mol. The summed E-state index contributed by atoms with van der Waals surface area (Å²) >= 11 is 0. The summed E-state index contributed by atoms with van der Waals surface area (Å²) in [6.45, 7) is 0.856.